The smallest absolute Gasteiger partial charge is 0.339 e. The van der Waals surface area contributed by atoms with Crippen molar-refractivity contribution in [2.45, 2.75) is 0 Å². The molecule has 8 nitrogen and oxygen atoms in total. The summed E-state index contributed by atoms with van der Waals surface area (Å²) in [5, 5.41) is 13.4. The number of benzene rings is 1. The predicted molar refractivity (Wildman–Crippen MR) is 74.5 cm³/mol. The minimum absolute atomic E-state index is 0.0386. The van der Waals surface area contributed by atoms with Crippen LogP contribution in [0.1, 0.15) is 10.4 Å². The molecule has 21 heavy (non-hydrogen) atoms. The lowest BCUT2D eigenvalue weighted by atomic mass is 10.2. The first-order valence-corrected chi connectivity index (χ1v) is 6.42. The van der Waals surface area contributed by atoms with Crippen molar-refractivity contribution in [2.75, 3.05) is 38.7 Å². The Kier molecular flexibility index (Phi) is 4.96. The molecular formula is C13H17N3O5. The van der Waals surface area contributed by atoms with Gasteiger partial charge in [-0.2, -0.15) is 0 Å². The van der Waals surface area contributed by atoms with E-state index in [1.165, 1.54) is 25.3 Å². The number of nitrogens with one attached hydrogen (secondary N) is 2. The number of methoxy groups -OCH3 is 1. The maximum absolute atomic E-state index is 11.8. The van der Waals surface area contributed by atoms with Crippen LogP contribution in [-0.2, 0) is 4.74 Å². The lowest BCUT2D eigenvalue weighted by Crippen LogP contribution is -2.49. The number of morpholine rings is 1. The van der Waals surface area contributed by atoms with Crippen LogP contribution in [0.25, 0.3) is 0 Å². The summed E-state index contributed by atoms with van der Waals surface area (Å²) in [6.07, 6.45) is 0. The first-order valence-electron chi connectivity index (χ1n) is 6.42. The van der Waals surface area contributed by atoms with Crippen LogP contribution < -0.4 is 15.5 Å². The number of aromatic carboxylic acids is 1. The number of urea groups is 1. The molecule has 114 valence electrons. The summed E-state index contributed by atoms with van der Waals surface area (Å²) in [5.41, 5.74) is 3.17. The topological polar surface area (TPSA) is 100 Å². The summed E-state index contributed by atoms with van der Waals surface area (Å²) >= 11 is 0. The van der Waals surface area contributed by atoms with Gasteiger partial charge in [0.1, 0.15) is 11.3 Å². The number of amides is 2. The molecule has 0 atom stereocenters. The highest BCUT2D eigenvalue weighted by molar-refractivity contribution is 5.94. The number of anilines is 1. The minimum Gasteiger partial charge on any atom is -0.496 e. The normalized spacial score (nSPS) is 15.3. The van der Waals surface area contributed by atoms with Gasteiger partial charge in [-0.25, -0.2) is 14.6 Å². The van der Waals surface area contributed by atoms with Crippen molar-refractivity contribution in [3.8, 4) is 5.75 Å². The number of carbonyl (C=O) groups is 2. The second-order valence-electron chi connectivity index (χ2n) is 4.39. The zero-order valence-electron chi connectivity index (χ0n) is 11.6. The van der Waals surface area contributed by atoms with Crippen molar-refractivity contribution in [1.29, 1.82) is 0 Å². The molecule has 8 heteroatoms. The number of hydrogen-bond acceptors (Lipinski definition) is 5. The van der Waals surface area contributed by atoms with E-state index < -0.39 is 12.0 Å². The molecule has 2 rings (SSSR count). The van der Waals surface area contributed by atoms with Crippen molar-refractivity contribution in [3.63, 3.8) is 0 Å². The van der Waals surface area contributed by atoms with Crippen molar-refractivity contribution in [1.82, 2.24) is 10.4 Å². The maximum atomic E-state index is 11.8. The Morgan fingerprint density at radius 1 is 1.33 bits per heavy atom. The van der Waals surface area contributed by atoms with E-state index in [4.69, 9.17) is 14.6 Å². The molecule has 1 aromatic carbocycles. The summed E-state index contributed by atoms with van der Waals surface area (Å²) in [4.78, 5) is 22.8. The molecule has 1 aliphatic heterocycles. The van der Waals surface area contributed by atoms with Crippen molar-refractivity contribution >= 4 is 17.7 Å². The average molecular weight is 295 g/mol. The molecule has 1 aromatic rings. The lowest BCUT2D eigenvalue weighted by molar-refractivity contribution is 0.0207. The number of rotatable bonds is 4. The first kappa shape index (κ1) is 15.1. The van der Waals surface area contributed by atoms with Crippen LogP contribution in [0.3, 0.4) is 0 Å². The van der Waals surface area contributed by atoms with Crippen LogP contribution in [0, 0.1) is 0 Å². The summed E-state index contributed by atoms with van der Waals surface area (Å²) in [6.45, 7) is 2.38. The number of hydrazine groups is 1. The molecule has 0 spiro atoms. The minimum atomic E-state index is -1.09. The van der Waals surface area contributed by atoms with Gasteiger partial charge in [0.05, 0.1) is 20.3 Å². The van der Waals surface area contributed by atoms with Crippen LogP contribution in [-0.4, -0.2) is 55.5 Å². The van der Waals surface area contributed by atoms with E-state index in [9.17, 15) is 9.59 Å². The van der Waals surface area contributed by atoms with E-state index in [0.29, 0.717) is 32.0 Å². The summed E-state index contributed by atoms with van der Waals surface area (Å²) in [7, 11) is 1.37. The summed E-state index contributed by atoms with van der Waals surface area (Å²) in [6, 6.07) is 3.95. The molecule has 1 aliphatic rings. The van der Waals surface area contributed by atoms with E-state index in [2.05, 4.69) is 10.7 Å². The van der Waals surface area contributed by atoms with Crippen LogP contribution in [0.5, 0.6) is 5.75 Å². The molecule has 1 saturated heterocycles. The number of carboxylic acids is 1. The van der Waals surface area contributed by atoms with Crippen LogP contribution in [0.15, 0.2) is 18.2 Å². The van der Waals surface area contributed by atoms with Gasteiger partial charge in [-0.3, -0.25) is 5.43 Å². The Balaban J connectivity index is 1.98. The zero-order chi connectivity index (χ0) is 15.2. The predicted octanol–water partition coefficient (Wildman–Crippen LogP) is 0.762. The van der Waals surface area contributed by atoms with E-state index in [-0.39, 0.29) is 11.3 Å². The van der Waals surface area contributed by atoms with E-state index in [1.54, 1.807) is 5.01 Å². The van der Waals surface area contributed by atoms with Gasteiger partial charge in [-0.05, 0) is 12.1 Å². The Bertz CT molecular complexity index is 529. The molecule has 0 aromatic heterocycles. The largest absolute Gasteiger partial charge is 0.496 e. The fraction of sp³-hybridized carbons (Fsp3) is 0.385. The van der Waals surface area contributed by atoms with Gasteiger partial charge in [0, 0.05) is 24.8 Å². The van der Waals surface area contributed by atoms with Crippen molar-refractivity contribution in [2.24, 2.45) is 0 Å². The average Bonchev–Trinajstić information content (AvgIpc) is 2.47. The first-order chi connectivity index (χ1) is 10.1. The molecule has 0 bridgehead atoms. The van der Waals surface area contributed by atoms with E-state index in [1.807, 2.05) is 0 Å². The van der Waals surface area contributed by atoms with Crippen molar-refractivity contribution < 1.29 is 24.2 Å². The molecule has 0 radical (unpaired) electrons. The number of carbonyl (C=O) groups excluding carboxylic acids is 1. The van der Waals surface area contributed by atoms with Gasteiger partial charge >= 0.3 is 12.0 Å². The third-order valence-electron chi connectivity index (χ3n) is 2.96. The van der Waals surface area contributed by atoms with Crippen LogP contribution in [0.4, 0.5) is 10.5 Å². The number of nitrogens with zero attached hydrogens (tertiary/aromatic N) is 1. The Hall–Kier alpha value is -2.32. The Morgan fingerprint density at radius 3 is 2.67 bits per heavy atom. The monoisotopic (exact) mass is 295 g/mol. The molecule has 1 fully saturated rings. The standard InChI is InChI=1S/C13H17N3O5/c1-20-11-8-9(2-3-10(11)12(17)18)14-13(19)15-16-4-6-21-7-5-16/h2-3,8H,4-7H2,1H3,(H,17,18)(H2,14,15,19). The zero-order valence-corrected chi connectivity index (χ0v) is 11.6. The molecule has 0 unspecified atom stereocenters. The van der Waals surface area contributed by atoms with E-state index >= 15 is 0 Å². The quantitative estimate of drug-likeness (QED) is 0.758. The second-order valence-corrected chi connectivity index (χ2v) is 4.39. The molecule has 0 saturated carbocycles. The third kappa shape index (κ3) is 4.07. The SMILES string of the molecule is COc1cc(NC(=O)NN2CCOCC2)ccc1C(=O)O. The van der Waals surface area contributed by atoms with Crippen LogP contribution >= 0.6 is 0 Å². The number of hydrogen-bond donors (Lipinski definition) is 3. The highest BCUT2D eigenvalue weighted by atomic mass is 16.5. The molecule has 0 aliphatic carbocycles. The molecule has 1 heterocycles. The third-order valence-corrected chi connectivity index (χ3v) is 2.96. The lowest BCUT2D eigenvalue weighted by Gasteiger charge is -2.26. The van der Waals surface area contributed by atoms with Gasteiger partial charge in [-0.15, -0.1) is 0 Å². The highest BCUT2D eigenvalue weighted by Gasteiger charge is 2.15. The van der Waals surface area contributed by atoms with Gasteiger partial charge in [0.2, 0.25) is 0 Å². The maximum Gasteiger partial charge on any atom is 0.339 e. The van der Waals surface area contributed by atoms with Gasteiger partial charge in [0.15, 0.2) is 0 Å². The van der Waals surface area contributed by atoms with Gasteiger partial charge < -0.3 is 19.9 Å². The van der Waals surface area contributed by atoms with Crippen molar-refractivity contribution in [3.05, 3.63) is 23.8 Å². The number of ether oxygens (including phenoxy) is 2. The van der Waals surface area contributed by atoms with E-state index in [0.717, 1.165) is 0 Å². The molecule has 2 amide bonds. The Labute approximate surface area is 121 Å². The fourth-order valence-electron chi connectivity index (χ4n) is 1.92. The summed E-state index contributed by atoms with van der Waals surface area (Å²) < 4.78 is 10.2. The van der Waals surface area contributed by atoms with Crippen LogP contribution in [0.2, 0.25) is 0 Å². The highest BCUT2D eigenvalue weighted by Crippen LogP contribution is 2.23. The van der Waals surface area contributed by atoms with Gasteiger partial charge in [-0.1, -0.05) is 0 Å². The summed E-state index contributed by atoms with van der Waals surface area (Å²) in [5.74, 6) is -0.900. The Morgan fingerprint density at radius 2 is 2.05 bits per heavy atom. The molecular weight excluding hydrogens is 278 g/mol. The molecule has 3 N–H and O–H groups in total. The fourth-order valence-corrected chi connectivity index (χ4v) is 1.92. The van der Waals surface area contributed by atoms with Gasteiger partial charge in [0.25, 0.3) is 0 Å². The number of carboxylic acid groups (broad SMARTS) is 1. The second kappa shape index (κ2) is 6.91.